The average molecular weight is 244 g/mol. The second-order valence-electron chi connectivity index (χ2n) is 4.19. The van der Waals surface area contributed by atoms with Gasteiger partial charge in [-0.05, 0) is 25.0 Å². The van der Waals surface area contributed by atoms with Gasteiger partial charge in [0.15, 0.2) is 0 Å². The fourth-order valence-electron chi connectivity index (χ4n) is 1.78. The molecule has 0 aliphatic carbocycles. The standard InChI is InChI=1S/C13H19ClFN/c1-3-4-5-6-11(16)12-10(14)8-7-9(2)13(12)15/h7-8,11H,3-6,16H2,1-2H3/t11-/m1/s1. The Bertz CT molecular complexity index is 352. The smallest absolute Gasteiger partial charge is 0.132 e. The summed E-state index contributed by atoms with van der Waals surface area (Å²) in [4.78, 5) is 0. The van der Waals surface area contributed by atoms with Crippen molar-refractivity contribution in [3.63, 3.8) is 0 Å². The Balaban J connectivity index is 2.81. The summed E-state index contributed by atoms with van der Waals surface area (Å²) in [5, 5.41) is 0.437. The molecule has 1 aromatic rings. The fraction of sp³-hybridized carbons (Fsp3) is 0.538. The predicted octanol–water partition coefficient (Wildman–Crippen LogP) is 4.37. The van der Waals surface area contributed by atoms with Crippen LogP contribution in [-0.2, 0) is 0 Å². The van der Waals surface area contributed by atoms with Crippen molar-refractivity contribution in [2.45, 2.75) is 45.6 Å². The molecule has 0 spiro atoms. The Hall–Kier alpha value is -0.600. The Morgan fingerprint density at radius 1 is 1.38 bits per heavy atom. The van der Waals surface area contributed by atoms with E-state index < -0.39 is 0 Å². The number of hydrogen-bond donors (Lipinski definition) is 1. The van der Waals surface area contributed by atoms with Crippen molar-refractivity contribution in [3.8, 4) is 0 Å². The summed E-state index contributed by atoms with van der Waals surface area (Å²) >= 11 is 5.99. The van der Waals surface area contributed by atoms with Gasteiger partial charge >= 0.3 is 0 Å². The van der Waals surface area contributed by atoms with Crippen LogP contribution in [0.3, 0.4) is 0 Å². The highest BCUT2D eigenvalue weighted by atomic mass is 35.5. The summed E-state index contributed by atoms with van der Waals surface area (Å²) in [6.45, 7) is 3.86. The molecule has 0 amide bonds. The summed E-state index contributed by atoms with van der Waals surface area (Å²) in [6, 6.07) is 3.11. The first-order valence-electron chi connectivity index (χ1n) is 5.78. The first-order chi connectivity index (χ1) is 7.57. The van der Waals surface area contributed by atoms with Crippen LogP contribution >= 0.6 is 11.6 Å². The molecule has 2 N–H and O–H groups in total. The Labute approximate surface area is 102 Å². The molecule has 0 aliphatic rings. The minimum Gasteiger partial charge on any atom is -0.324 e. The van der Waals surface area contributed by atoms with Crippen molar-refractivity contribution in [1.29, 1.82) is 0 Å². The SMILES string of the molecule is CCCCC[C@@H](N)c1c(Cl)ccc(C)c1F. The molecule has 1 nitrogen and oxygen atoms in total. The Morgan fingerprint density at radius 2 is 2.06 bits per heavy atom. The highest BCUT2D eigenvalue weighted by Gasteiger charge is 2.16. The number of unbranched alkanes of at least 4 members (excludes halogenated alkanes) is 2. The zero-order valence-corrected chi connectivity index (χ0v) is 10.6. The van der Waals surface area contributed by atoms with Crippen LogP contribution in [0.2, 0.25) is 5.02 Å². The maximum atomic E-state index is 13.9. The van der Waals surface area contributed by atoms with E-state index in [4.69, 9.17) is 17.3 Å². The molecule has 90 valence electrons. The topological polar surface area (TPSA) is 26.0 Å². The largest absolute Gasteiger partial charge is 0.324 e. The molecule has 0 aliphatic heterocycles. The third kappa shape index (κ3) is 3.19. The molecule has 0 saturated heterocycles. The third-order valence-electron chi connectivity index (χ3n) is 2.81. The summed E-state index contributed by atoms with van der Waals surface area (Å²) in [5.74, 6) is -0.253. The fourth-order valence-corrected chi connectivity index (χ4v) is 2.06. The van der Waals surface area contributed by atoms with Crippen LogP contribution in [0, 0.1) is 12.7 Å². The predicted molar refractivity (Wildman–Crippen MR) is 67.2 cm³/mol. The molecule has 0 fully saturated rings. The number of nitrogens with two attached hydrogens (primary N) is 1. The number of hydrogen-bond acceptors (Lipinski definition) is 1. The van der Waals surface area contributed by atoms with Crippen LogP contribution < -0.4 is 5.73 Å². The Morgan fingerprint density at radius 3 is 2.69 bits per heavy atom. The molecule has 0 heterocycles. The van der Waals surface area contributed by atoms with Gasteiger partial charge in [0.05, 0.1) is 0 Å². The second-order valence-corrected chi connectivity index (χ2v) is 4.60. The van der Waals surface area contributed by atoms with Crippen molar-refractivity contribution < 1.29 is 4.39 Å². The lowest BCUT2D eigenvalue weighted by atomic mass is 9.99. The normalized spacial score (nSPS) is 12.8. The van der Waals surface area contributed by atoms with Gasteiger partial charge in [-0.1, -0.05) is 43.9 Å². The lowest BCUT2D eigenvalue weighted by molar-refractivity contribution is 0.535. The van der Waals surface area contributed by atoms with E-state index in [-0.39, 0.29) is 11.9 Å². The maximum Gasteiger partial charge on any atom is 0.132 e. The van der Waals surface area contributed by atoms with Gasteiger partial charge in [0.1, 0.15) is 5.82 Å². The molecule has 0 aromatic heterocycles. The molecular formula is C13H19ClFN. The van der Waals surface area contributed by atoms with Crippen LogP contribution in [-0.4, -0.2) is 0 Å². The monoisotopic (exact) mass is 243 g/mol. The number of benzene rings is 1. The van der Waals surface area contributed by atoms with Gasteiger partial charge in [-0.3, -0.25) is 0 Å². The molecule has 1 aromatic carbocycles. The van der Waals surface area contributed by atoms with Crippen molar-refractivity contribution in [1.82, 2.24) is 0 Å². The third-order valence-corrected chi connectivity index (χ3v) is 3.14. The Kier molecular flexibility index (Phi) is 5.23. The van der Waals surface area contributed by atoms with E-state index in [9.17, 15) is 4.39 Å². The zero-order chi connectivity index (χ0) is 12.1. The molecule has 1 rings (SSSR count). The van der Waals surface area contributed by atoms with Crippen LogP contribution in [0.15, 0.2) is 12.1 Å². The molecule has 3 heteroatoms. The molecule has 16 heavy (non-hydrogen) atoms. The summed E-state index contributed by atoms with van der Waals surface area (Å²) < 4.78 is 13.9. The van der Waals surface area contributed by atoms with Crippen molar-refractivity contribution in [2.75, 3.05) is 0 Å². The van der Waals surface area contributed by atoms with Crippen LogP contribution in [0.1, 0.15) is 49.8 Å². The molecule has 1 atom stereocenters. The maximum absolute atomic E-state index is 13.9. The zero-order valence-electron chi connectivity index (χ0n) is 9.89. The van der Waals surface area contributed by atoms with E-state index in [0.29, 0.717) is 16.1 Å². The summed E-state index contributed by atoms with van der Waals surface area (Å²) in [5.41, 5.74) is 7.05. The first kappa shape index (κ1) is 13.5. The van der Waals surface area contributed by atoms with E-state index in [1.807, 2.05) is 0 Å². The van der Waals surface area contributed by atoms with Crippen molar-refractivity contribution in [3.05, 3.63) is 34.1 Å². The second kappa shape index (κ2) is 6.21. The average Bonchev–Trinajstić information content (AvgIpc) is 2.24. The van der Waals surface area contributed by atoms with Crippen molar-refractivity contribution in [2.24, 2.45) is 5.73 Å². The van der Waals surface area contributed by atoms with E-state index in [1.165, 1.54) is 0 Å². The molecule has 0 bridgehead atoms. The van der Waals surface area contributed by atoms with Gasteiger partial charge < -0.3 is 5.73 Å². The number of rotatable bonds is 5. The molecule has 0 radical (unpaired) electrons. The van der Waals surface area contributed by atoms with Gasteiger partial charge in [0.25, 0.3) is 0 Å². The van der Waals surface area contributed by atoms with Gasteiger partial charge in [-0.2, -0.15) is 0 Å². The molecule has 0 saturated carbocycles. The lowest BCUT2D eigenvalue weighted by Gasteiger charge is -2.15. The van der Waals surface area contributed by atoms with E-state index in [1.54, 1.807) is 19.1 Å². The minimum absolute atomic E-state index is 0.253. The van der Waals surface area contributed by atoms with Crippen molar-refractivity contribution >= 4 is 11.6 Å². The molecular weight excluding hydrogens is 225 g/mol. The highest BCUT2D eigenvalue weighted by Crippen LogP contribution is 2.29. The summed E-state index contributed by atoms with van der Waals surface area (Å²) in [6.07, 6.45) is 4.06. The van der Waals surface area contributed by atoms with Gasteiger partial charge in [0.2, 0.25) is 0 Å². The van der Waals surface area contributed by atoms with Gasteiger partial charge in [0, 0.05) is 16.6 Å². The van der Waals surface area contributed by atoms with Gasteiger partial charge in [-0.15, -0.1) is 0 Å². The van der Waals surface area contributed by atoms with E-state index in [0.717, 1.165) is 25.7 Å². The van der Waals surface area contributed by atoms with Crippen LogP contribution in [0.4, 0.5) is 4.39 Å². The minimum atomic E-state index is -0.293. The van der Waals surface area contributed by atoms with E-state index in [2.05, 4.69) is 6.92 Å². The summed E-state index contributed by atoms with van der Waals surface area (Å²) in [7, 11) is 0. The number of halogens is 2. The molecule has 0 unspecified atom stereocenters. The number of aryl methyl sites for hydroxylation is 1. The first-order valence-corrected chi connectivity index (χ1v) is 6.15. The highest BCUT2D eigenvalue weighted by molar-refractivity contribution is 6.31. The van der Waals surface area contributed by atoms with Crippen LogP contribution in [0.25, 0.3) is 0 Å². The van der Waals surface area contributed by atoms with Crippen LogP contribution in [0.5, 0.6) is 0 Å². The van der Waals surface area contributed by atoms with Gasteiger partial charge in [-0.25, -0.2) is 4.39 Å². The quantitative estimate of drug-likeness (QED) is 0.764. The lowest BCUT2D eigenvalue weighted by Crippen LogP contribution is -2.13. The van der Waals surface area contributed by atoms with E-state index >= 15 is 0 Å².